The van der Waals surface area contributed by atoms with E-state index in [2.05, 4.69) is 0 Å². The number of ether oxygens (including phenoxy) is 1. The molecule has 3 rings (SSSR count). The summed E-state index contributed by atoms with van der Waals surface area (Å²) in [4.78, 5) is 14.5. The van der Waals surface area contributed by atoms with Gasteiger partial charge in [0.2, 0.25) is 5.91 Å². The molecule has 0 radical (unpaired) electrons. The van der Waals surface area contributed by atoms with Gasteiger partial charge in [-0.3, -0.25) is 4.79 Å². The Hall–Kier alpha value is -1.55. The van der Waals surface area contributed by atoms with Crippen molar-refractivity contribution >= 4 is 5.91 Å². The van der Waals surface area contributed by atoms with E-state index < -0.39 is 0 Å². The molecular formula is C16H22N2O2. The minimum absolute atomic E-state index is 0.0568. The molecule has 0 saturated heterocycles. The van der Waals surface area contributed by atoms with Gasteiger partial charge in [-0.15, -0.1) is 0 Å². The van der Waals surface area contributed by atoms with E-state index in [9.17, 15) is 4.79 Å². The summed E-state index contributed by atoms with van der Waals surface area (Å²) in [7, 11) is 1.91. The number of hydrogen-bond donors (Lipinski definition) is 1. The van der Waals surface area contributed by atoms with Gasteiger partial charge in [0, 0.05) is 25.2 Å². The molecule has 1 atom stereocenters. The van der Waals surface area contributed by atoms with E-state index in [1.165, 1.54) is 0 Å². The zero-order chi connectivity index (χ0) is 14.1. The first-order chi connectivity index (χ1) is 9.65. The molecule has 1 unspecified atom stereocenters. The van der Waals surface area contributed by atoms with E-state index in [0.717, 1.165) is 37.1 Å². The average molecular weight is 274 g/mol. The molecule has 108 valence electrons. The fourth-order valence-corrected chi connectivity index (χ4v) is 3.28. The number of hydrogen-bond acceptors (Lipinski definition) is 3. The number of para-hydroxylation sites is 1. The maximum absolute atomic E-state index is 12.7. The van der Waals surface area contributed by atoms with Crippen molar-refractivity contribution in [2.45, 2.75) is 31.2 Å². The van der Waals surface area contributed by atoms with Gasteiger partial charge in [0.1, 0.15) is 5.75 Å². The summed E-state index contributed by atoms with van der Waals surface area (Å²) in [6, 6.07) is 8.21. The highest BCUT2D eigenvalue weighted by molar-refractivity contribution is 5.84. The average Bonchev–Trinajstić information content (AvgIpc) is 2.44. The van der Waals surface area contributed by atoms with Crippen LogP contribution in [-0.2, 0) is 4.79 Å². The second kappa shape index (κ2) is 5.44. The first kappa shape index (κ1) is 13.4. The Morgan fingerprint density at radius 2 is 2.15 bits per heavy atom. The summed E-state index contributed by atoms with van der Waals surface area (Å²) < 4.78 is 5.62. The molecule has 0 spiro atoms. The maximum Gasteiger partial charge on any atom is 0.230 e. The molecule has 4 nitrogen and oxygen atoms in total. The molecule has 4 heteroatoms. The summed E-state index contributed by atoms with van der Waals surface area (Å²) >= 11 is 0. The van der Waals surface area contributed by atoms with Gasteiger partial charge in [0.15, 0.2) is 0 Å². The number of fused-ring (bicyclic) bond motifs is 1. The number of benzene rings is 1. The third-order valence-corrected chi connectivity index (χ3v) is 4.44. The number of nitrogens with zero attached hydrogens (tertiary/aromatic N) is 1. The van der Waals surface area contributed by atoms with Crippen molar-refractivity contribution in [2.24, 2.45) is 11.7 Å². The van der Waals surface area contributed by atoms with Gasteiger partial charge in [0.25, 0.3) is 0 Å². The van der Waals surface area contributed by atoms with Crippen molar-refractivity contribution in [3.8, 4) is 5.75 Å². The first-order valence-electron chi connectivity index (χ1n) is 7.37. The predicted octanol–water partition coefficient (Wildman–Crippen LogP) is 1.75. The lowest BCUT2D eigenvalue weighted by Gasteiger charge is -2.37. The number of carbonyl (C=O) groups excluding carboxylic acids is 1. The Morgan fingerprint density at radius 1 is 1.40 bits per heavy atom. The number of carbonyl (C=O) groups is 1. The summed E-state index contributed by atoms with van der Waals surface area (Å²) in [6.07, 6.45) is 2.86. The lowest BCUT2D eigenvalue weighted by atomic mass is 9.80. The van der Waals surface area contributed by atoms with Crippen molar-refractivity contribution in [1.29, 1.82) is 0 Å². The van der Waals surface area contributed by atoms with E-state index in [1.54, 1.807) is 0 Å². The highest BCUT2D eigenvalue weighted by Crippen LogP contribution is 2.35. The molecular weight excluding hydrogens is 252 g/mol. The van der Waals surface area contributed by atoms with Gasteiger partial charge in [-0.25, -0.2) is 0 Å². The van der Waals surface area contributed by atoms with Crippen LogP contribution in [0.2, 0.25) is 0 Å². The number of rotatable bonds is 3. The van der Waals surface area contributed by atoms with Crippen molar-refractivity contribution in [2.75, 3.05) is 20.2 Å². The Balaban J connectivity index is 1.68. The summed E-state index contributed by atoms with van der Waals surface area (Å²) in [5, 5.41) is 0. The second-order valence-electron chi connectivity index (χ2n) is 6.04. The smallest absolute Gasteiger partial charge is 0.230 e. The fraction of sp³-hybridized carbons (Fsp3) is 0.562. The zero-order valence-corrected chi connectivity index (χ0v) is 11.9. The van der Waals surface area contributed by atoms with Gasteiger partial charge >= 0.3 is 0 Å². The van der Waals surface area contributed by atoms with Crippen LogP contribution in [0.3, 0.4) is 0 Å². The maximum atomic E-state index is 12.7. The molecule has 1 fully saturated rings. The van der Waals surface area contributed by atoms with Crippen molar-refractivity contribution in [3.05, 3.63) is 29.8 Å². The van der Waals surface area contributed by atoms with E-state index in [4.69, 9.17) is 10.5 Å². The van der Waals surface area contributed by atoms with Crippen LogP contribution in [0.5, 0.6) is 5.75 Å². The highest BCUT2D eigenvalue weighted by Gasteiger charge is 2.32. The molecule has 20 heavy (non-hydrogen) atoms. The van der Waals surface area contributed by atoms with Crippen LogP contribution in [0.4, 0.5) is 0 Å². The van der Waals surface area contributed by atoms with E-state index in [-0.39, 0.29) is 11.8 Å². The first-order valence-corrected chi connectivity index (χ1v) is 7.37. The molecule has 2 N–H and O–H groups in total. The number of amides is 1. The van der Waals surface area contributed by atoms with Crippen LogP contribution >= 0.6 is 0 Å². The number of likely N-dealkylation sites (N-methyl/N-ethyl adjacent to an activating group) is 1. The number of nitrogens with two attached hydrogens (primary N) is 1. The summed E-state index contributed by atoms with van der Waals surface area (Å²) in [6.45, 7) is 1.45. The summed E-state index contributed by atoms with van der Waals surface area (Å²) in [5.41, 5.74) is 6.84. The molecule has 0 bridgehead atoms. The van der Waals surface area contributed by atoms with Crippen molar-refractivity contribution in [1.82, 2.24) is 4.90 Å². The topological polar surface area (TPSA) is 55.6 Å². The van der Waals surface area contributed by atoms with Crippen LogP contribution in [0.15, 0.2) is 24.3 Å². The van der Waals surface area contributed by atoms with Gasteiger partial charge in [-0.1, -0.05) is 18.2 Å². The van der Waals surface area contributed by atoms with Crippen LogP contribution in [0.1, 0.15) is 30.7 Å². The lowest BCUT2D eigenvalue weighted by Crippen LogP contribution is -2.44. The quantitative estimate of drug-likeness (QED) is 0.913. The standard InChI is InChI=1S/C16H22N2O2/c1-18(10-11-8-12(17)9-11)16(19)14-6-7-20-15-5-3-2-4-13(14)15/h2-5,11-12,14H,6-10,17H2,1H3. The van der Waals surface area contributed by atoms with Crippen LogP contribution in [0, 0.1) is 5.92 Å². The van der Waals surface area contributed by atoms with Gasteiger partial charge in [0.05, 0.1) is 12.5 Å². The van der Waals surface area contributed by atoms with Crippen LogP contribution in [-0.4, -0.2) is 37.0 Å². The molecule has 1 saturated carbocycles. The largest absolute Gasteiger partial charge is 0.493 e. The molecule has 1 heterocycles. The van der Waals surface area contributed by atoms with Gasteiger partial charge in [-0.05, 0) is 31.2 Å². The van der Waals surface area contributed by atoms with Crippen LogP contribution in [0.25, 0.3) is 0 Å². The molecule has 1 aromatic carbocycles. The van der Waals surface area contributed by atoms with Gasteiger partial charge < -0.3 is 15.4 Å². The monoisotopic (exact) mass is 274 g/mol. The normalized spacial score (nSPS) is 28.0. The third kappa shape index (κ3) is 2.52. The molecule has 2 aliphatic rings. The van der Waals surface area contributed by atoms with Gasteiger partial charge in [-0.2, -0.15) is 0 Å². The minimum atomic E-state index is -0.0568. The minimum Gasteiger partial charge on any atom is -0.493 e. The molecule has 1 amide bonds. The Morgan fingerprint density at radius 3 is 2.90 bits per heavy atom. The lowest BCUT2D eigenvalue weighted by molar-refractivity contribution is -0.133. The third-order valence-electron chi connectivity index (χ3n) is 4.44. The SMILES string of the molecule is CN(CC1CC(N)C1)C(=O)C1CCOc2ccccc21. The van der Waals surface area contributed by atoms with E-state index in [1.807, 2.05) is 36.2 Å². The van der Waals surface area contributed by atoms with Crippen molar-refractivity contribution in [3.63, 3.8) is 0 Å². The zero-order valence-electron chi connectivity index (χ0n) is 11.9. The fourth-order valence-electron chi connectivity index (χ4n) is 3.28. The molecule has 1 aliphatic carbocycles. The predicted molar refractivity (Wildman–Crippen MR) is 77.6 cm³/mol. The molecule has 0 aromatic heterocycles. The summed E-state index contributed by atoms with van der Waals surface area (Å²) in [5.74, 6) is 1.59. The second-order valence-corrected chi connectivity index (χ2v) is 6.04. The Kier molecular flexibility index (Phi) is 3.66. The van der Waals surface area contributed by atoms with E-state index >= 15 is 0 Å². The van der Waals surface area contributed by atoms with E-state index in [0.29, 0.717) is 18.6 Å². The van der Waals surface area contributed by atoms with Crippen LogP contribution < -0.4 is 10.5 Å². The molecule has 1 aliphatic heterocycles. The molecule has 1 aromatic rings. The Bertz CT molecular complexity index is 497. The Labute approximate surface area is 119 Å². The van der Waals surface area contributed by atoms with Crippen molar-refractivity contribution < 1.29 is 9.53 Å². The highest BCUT2D eigenvalue weighted by atomic mass is 16.5.